The van der Waals surface area contributed by atoms with Crippen molar-refractivity contribution >= 4 is 50.7 Å². The van der Waals surface area contributed by atoms with Crippen molar-refractivity contribution in [2.24, 2.45) is 5.41 Å². The number of hydrogen-bond donors (Lipinski definition) is 0. The van der Waals surface area contributed by atoms with Crippen LogP contribution in [0.2, 0.25) is 15.1 Å². The number of nitrogens with zero attached hydrogens (tertiary/aromatic N) is 2. The maximum absolute atomic E-state index is 13.4. The van der Waals surface area contributed by atoms with Crippen molar-refractivity contribution in [1.29, 1.82) is 0 Å². The summed E-state index contributed by atoms with van der Waals surface area (Å²) in [5.74, 6) is 0.637. The third-order valence-electron chi connectivity index (χ3n) is 7.15. The Bertz CT molecular complexity index is 1410. The second-order valence-electron chi connectivity index (χ2n) is 10.1. The number of carbonyl (C=O) groups excluding carboxylic acids is 1. The normalized spacial score (nSPS) is 15.6. The molecule has 0 unspecified atom stereocenters. The number of benzene rings is 3. The van der Waals surface area contributed by atoms with Crippen LogP contribution in [0.3, 0.4) is 0 Å². The lowest BCUT2D eigenvalue weighted by Gasteiger charge is -2.41. The third kappa shape index (κ3) is 7.47. The van der Waals surface area contributed by atoms with Crippen LogP contribution >= 0.6 is 34.8 Å². The number of carbonyl (C=O) groups is 1. The van der Waals surface area contributed by atoms with Crippen LogP contribution in [0, 0.1) is 12.3 Å². The highest BCUT2D eigenvalue weighted by Crippen LogP contribution is 2.39. The Labute approximate surface area is 245 Å². The number of piperidine rings is 1. The summed E-state index contributed by atoms with van der Waals surface area (Å²) in [6.45, 7) is 3.15. The molecule has 1 amide bonds. The molecule has 0 aromatic heterocycles. The first-order valence-corrected chi connectivity index (χ1v) is 15.2. The topological polar surface area (TPSA) is 66.9 Å². The summed E-state index contributed by atoms with van der Waals surface area (Å²) >= 11 is 18.3. The zero-order chi connectivity index (χ0) is 28.2. The minimum Gasteiger partial charge on any atom is -0.493 e. The molecule has 0 N–H and O–H groups in total. The average Bonchev–Trinajstić information content (AvgIpc) is 2.90. The van der Waals surface area contributed by atoms with E-state index in [4.69, 9.17) is 39.5 Å². The zero-order valence-corrected chi connectivity index (χ0v) is 25.0. The second-order valence-corrected chi connectivity index (χ2v) is 13.3. The molecule has 4 rings (SSSR count). The highest BCUT2D eigenvalue weighted by atomic mass is 35.5. The average molecular weight is 610 g/mol. The van der Waals surface area contributed by atoms with Gasteiger partial charge in [-0.3, -0.25) is 4.79 Å². The van der Waals surface area contributed by atoms with Crippen molar-refractivity contribution in [3.8, 4) is 5.75 Å². The van der Waals surface area contributed by atoms with Gasteiger partial charge in [-0.25, -0.2) is 8.42 Å². The minimum atomic E-state index is -3.81. The summed E-state index contributed by atoms with van der Waals surface area (Å²) < 4.78 is 34.4. The van der Waals surface area contributed by atoms with Gasteiger partial charge >= 0.3 is 0 Å². The van der Waals surface area contributed by atoms with Crippen molar-refractivity contribution < 1.29 is 17.9 Å². The number of hydrogen-bond acceptors (Lipinski definition) is 4. The van der Waals surface area contributed by atoms with Crippen molar-refractivity contribution in [2.75, 3.05) is 26.7 Å². The first-order valence-electron chi connectivity index (χ1n) is 12.6. The van der Waals surface area contributed by atoms with E-state index >= 15 is 0 Å². The van der Waals surface area contributed by atoms with E-state index in [1.807, 2.05) is 43.3 Å². The van der Waals surface area contributed by atoms with Crippen molar-refractivity contribution in [3.63, 3.8) is 0 Å². The third-order valence-corrected chi connectivity index (χ3v) is 9.88. The lowest BCUT2D eigenvalue weighted by atomic mass is 9.76. The molecule has 0 atom stereocenters. The molecule has 0 spiro atoms. The summed E-state index contributed by atoms with van der Waals surface area (Å²) in [5, 5.41) is 1.16. The Hall–Kier alpha value is -2.29. The SMILES string of the molecule is Cc1cc(OCC2(CC(=O)N(C)Cc3ccccc3)CCN(S(=O)(=O)c3cc(Cl)cc(Cl)c3)CC2)ccc1Cl. The molecule has 0 aliphatic carbocycles. The summed E-state index contributed by atoms with van der Waals surface area (Å²) in [7, 11) is -2.02. The van der Waals surface area contributed by atoms with E-state index in [-0.39, 0.29) is 47.0 Å². The molecule has 208 valence electrons. The van der Waals surface area contributed by atoms with Crippen LogP contribution in [0.15, 0.2) is 71.6 Å². The lowest BCUT2D eigenvalue weighted by molar-refractivity contribution is -0.134. The van der Waals surface area contributed by atoms with E-state index in [9.17, 15) is 13.2 Å². The summed E-state index contributed by atoms with van der Waals surface area (Å²) in [6, 6.07) is 19.5. The second kappa shape index (κ2) is 12.5. The van der Waals surface area contributed by atoms with Crippen LogP contribution in [-0.4, -0.2) is 50.3 Å². The molecule has 1 heterocycles. The van der Waals surface area contributed by atoms with Crippen molar-refractivity contribution in [2.45, 2.75) is 37.6 Å². The highest BCUT2D eigenvalue weighted by molar-refractivity contribution is 7.89. The first-order chi connectivity index (χ1) is 18.5. The Morgan fingerprint density at radius 3 is 2.23 bits per heavy atom. The van der Waals surface area contributed by atoms with Crippen molar-refractivity contribution in [1.82, 2.24) is 9.21 Å². The van der Waals surface area contributed by atoms with Gasteiger partial charge in [-0.05, 0) is 67.3 Å². The van der Waals surface area contributed by atoms with Gasteiger partial charge in [0.1, 0.15) is 5.75 Å². The molecule has 3 aromatic carbocycles. The number of ether oxygens (including phenoxy) is 1. The maximum atomic E-state index is 13.4. The van der Waals surface area contributed by atoms with E-state index in [0.29, 0.717) is 30.2 Å². The molecule has 1 saturated heterocycles. The molecule has 0 radical (unpaired) electrons. The number of rotatable bonds is 9. The summed E-state index contributed by atoms with van der Waals surface area (Å²) in [4.78, 5) is 15.2. The maximum Gasteiger partial charge on any atom is 0.243 e. The molecule has 10 heteroatoms. The molecule has 1 fully saturated rings. The van der Waals surface area contributed by atoms with Gasteiger partial charge < -0.3 is 9.64 Å². The van der Waals surface area contributed by atoms with Gasteiger partial charge in [-0.15, -0.1) is 0 Å². The van der Waals surface area contributed by atoms with Crippen LogP contribution in [0.25, 0.3) is 0 Å². The Morgan fingerprint density at radius 1 is 0.974 bits per heavy atom. The highest BCUT2D eigenvalue weighted by Gasteiger charge is 2.41. The molecule has 3 aromatic rings. The van der Waals surface area contributed by atoms with Gasteiger partial charge in [0.2, 0.25) is 15.9 Å². The number of aryl methyl sites for hydroxylation is 1. The lowest BCUT2D eigenvalue weighted by Crippen LogP contribution is -2.47. The largest absolute Gasteiger partial charge is 0.493 e. The van der Waals surface area contributed by atoms with Gasteiger partial charge in [0, 0.05) is 53.6 Å². The molecular formula is C29H31Cl3N2O4S. The van der Waals surface area contributed by atoms with Gasteiger partial charge in [-0.2, -0.15) is 4.31 Å². The van der Waals surface area contributed by atoms with Crippen LogP contribution in [0.5, 0.6) is 5.75 Å². The monoisotopic (exact) mass is 608 g/mol. The summed E-state index contributed by atoms with van der Waals surface area (Å²) in [6.07, 6.45) is 1.15. The van der Waals surface area contributed by atoms with Crippen molar-refractivity contribution in [3.05, 3.63) is 92.9 Å². The Balaban J connectivity index is 1.52. The van der Waals surface area contributed by atoms with E-state index in [0.717, 1.165) is 11.1 Å². The first kappa shape index (κ1) is 29.7. The quantitative estimate of drug-likeness (QED) is 0.266. The predicted octanol–water partition coefficient (Wildman–Crippen LogP) is 6.85. The standard InChI is InChI=1S/C29H31Cl3N2O4S/c1-21-14-25(8-9-27(21)32)38-20-29(18-28(35)33(2)19-22-6-4-3-5-7-22)10-12-34(13-11-29)39(36,37)26-16-23(30)15-24(31)17-26/h3-9,14-17H,10-13,18-20H2,1-2H3. The van der Waals surface area contributed by atoms with E-state index < -0.39 is 15.4 Å². The minimum absolute atomic E-state index is 0.0207. The predicted molar refractivity (Wildman–Crippen MR) is 156 cm³/mol. The molecule has 0 bridgehead atoms. The molecule has 1 aliphatic heterocycles. The van der Waals surface area contributed by atoms with Crippen LogP contribution in [0.4, 0.5) is 0 Å². The van der Waals surface area contributed by atoms with Crippen LogP contribution < -0.4 is 4.74 Å². The number of halogens is 3. The summed E-state index contributed by atoms with van der Waals surface area (Å²) in [5.41, 5.74) is 1.38. The van der Waals surface area contributed by atoms with Crippen LogP contribution in [0.1, 0.15) is 30.4 Å². The van der Waals surface area contributed by atoms with Gasteiger partial charge in [0.15, 0.2) is 0 Å². The van der Waals surface area contributed by atoms with Gasteiger partial charge in [0.05, 0.1) is 11.5 Å². The molecular weight excluding hydrogens is 579 g/mol. The Morgan fingerprint density at radius 2 is 1.62 bits per heavy atom. The Kier molecular flexibility index (Phi) is 9.50. The van der Waals surface area contributed by atoms with Crippen LogP contribution in [-0.2, 0) is 21.4 Å². The fraction of sp³-hybridized carbons (Fsp3) is 0.345. The van der Waals surface area contributed by atoms with Gasteiger partial charge in [-0.1, -0.05) is 65.1 Å². The van der Waals surface area contributed by atoms with Gasteiger partial charge in [0.25, 0.3) is 0 Å². The fourth-order valence-electron chi connectivity index (χ4n) is 4.74. The molecule has 0 saturated carbocycles. The smallest absolute Gasteiger partial charge is 0.243 e. The number of sulfonamides is 1. The molecule has 6 nitrogen and oxygen atoms in total. The molecule has 1 aliphatic rings. The fourth-order valence-corrected chi connectivity index (χ4v) is 7.03. The van der Waals surface area contributed by atoms with E-state index in [1.165, 1.54) is 22.5 Å². The van der Waals surface area contributed by atoms with E-state index in [1.54, 1.807) is 24.1 Å². The number of amides is 1. The zero-order valence-electron chi connectivity index (χ0n) is 21.9. The molecule has 39 heavy (non-hydrogen) atoms. The van der Waals surface area contributed by atoms with E-state index in [2.05, 4.69) is 0 Å².